The van der Waals surface area contributed by atoms with Gasteiger partial charge in [-0.1, -0.05) is 136 Å². The molecule has 4 aromatic carbocycles. The number of nitrogens with one attached hydrogen (secondary N) is 1. The number of aromatic nitrogens is 1. The monoisotopic (exact) mass is 666 g/mol. The van der Waals surface area contributed by atoms with Crippen molar-refractivity contribution in [1.29, 1.82) is 0 Å². The lowest BCUT2D eigenvalue weighted by molar-refractivity contribution is 0.0947. The van der Waals surface area contributed by atoms with E-state index in [4.69, 9.17) is 4.98 Å². The van der Waals surface area contributed by atoms with E-state index in [0.29, 0.717) is 6.54 Å². The Balaban J connectivity index is 1.53. The van der Waals surface area contributed by atoms with Crippen LogP contribution in [0.15, 0.2) is 91.0 Å². The lowest BCUT2D eigenvalue weighted by atomic mass is 9.78. The van der Waals surface area contributed by atoms with Gasteiger partial charge < -0.3 is 10.4 Å². The number of pyridine rings is 1. The van der Waals surface area contributed by atoms with Crippen molar-refractivity contribution < 1.29 is 9.90 Å². The SMILES string of the molecule is Cc1cc(-c2cc(C(C)(C)C)cc(C(C)(C)C)c2)c(O)c(-c2ccccc2-c2cccc(CNC(=O)c3c(C(C)C)cccc3C(C)C)n2)c1. The van der Waals surface area contributed by atoms with Gasteiger partial charge in [0, 0.05) is 22.3 Å². The van der Waals surface area contributed by atoms with Gasteiger partial charge in [-0.05, 0) is 92.8 Å². The molecule has 1 amide bonds. The van der Waals surface area contributed by atoms with Crippen LogP contribution >= 0.6 is 0 Å². The molecule has 260 valence electrons. The van der Waals surface area contributed by atoms with Gasteiger partial charge in [-0.15, -0.1) is 0 Å². The zero-order valence-corrected chi connectivity index (χ0v) is 31.8. The van der Waals surface area contributed by atoms with Crippen LogP contribution in [0.1, 0.15) is 125 Å². The molecule has 0 aliphatic carbocycles. The van der Waals surface area contributed by atoms with Gasteiger partial charge >= 0.3 is 0 Å². The number of hydrogen-bond acceptors (Lipinski definition) is 3. The first-order chi connectivity index (χ1) is 23.5. The molecule has 4 heteroatoms. The molecule has 0 saturated heterocycles. The summed E-state index contributed by atoms with van der Waals surface area (Å²) >= 11 is 0. The highest BCUT2D eigenvalue weighted by atomic mass is 16.3. The van der Waals surface area contributed by atoms with Crippen molar-refractivity contribution in [1.82, 2.24) is 10.3 Å². The van der Waals surface area contributed by atoms with Crippen LogP contribution in [0.25, 0.3) is 33.5 Å². The summed E-state index contributed by atoms with van der Waals surface area (Å²) in [6.07, 6.45) is 0. The lowest BCUT2D eigenvalue weighted by Crippen LogP contribution is -2.26. The maximum atomic E-state index is 13.7. The summed E-state index contributed by atoms with van der Waals surface area (Å²) in [5.74, 6) is 0.637. The number of aryl methyl sites for hydroxylation is 1. The minimum Gasteiger partial charge on any atom is -0.507 e. The summed E-state index contributed by atoms with van der Waals surface area (Å²) in [6.45, 7) is 24.3. The molecule has 4 nitrogen and oxygen atoms in total. The van der Waals surface area contributed by atoms with Crippen molar-refractivity contribution in [2.24, 2.45) is 0 Å². The first kappa shape index (κ1) is 36.6. The van der Waals surface area contributed by atoms with Crippen LogP contribution in [-0.4, -0.2) is 16.0 Å². The number of aromatic hydroxyl groups is 1. The Morgan fingerprint density at radius 1 is 0.680 bits per heavy atom. The molecular weight excluding hydrogens is 613 g/mol. The number of hydrogen-bond donors (Lipinski definition) is 2. The van der Waals surface area contributed by atoms with E-state index in [1.165, 1.54) is 11.1 Å². The van der Waals surface area contributed by atoms with Crippen LogP contribution in [-0.2, 0) is 17.4 Å². The summed E-state index contributed by atoms with van der Waals surface area (Å²) in [7, 11) is 0. The predicted molar refractivity (Wildman–Crippen MR) is 210 cm³/mol. The highest BCUT2D eigenvalue weighted by Gasteiger charge is 2.24. The van der Waals surface area contributed by atoms with E-state index in [9.17, 15) is 9.90 Å². The number of nitrogens with zero attached hydrogens (tertiary/aromatic N) is 1. The van der Waals surface area contributed by atoms with E-state index < -0.39 is 0 Å². The quantitative estimate of drug-likeness (QED) is 0.173. The summed E-state index contributed by atoms with van der Waals surface area (Å²) in [6, 6.07) is 31.1. The molecule has 1 heterocycles. The number of benzene rings is 4. The van der Waals surface area contributed by atoms with Gasteiger partial charge in [0.2, 0.25) is 0 Å². The average molecular weight is 667 g/mol. The van der Waals surface area contributed by atoms with Crippen LogP contribution < -0.4 is 5.32 Å². The first-order valence-electron chi connectivity index (χ1n) is 17.9. The molecule has 0 aliphatic heterocycles. The van der Waals surface area contributed by atoms with Crippen molar-refractivity contribution in [3.8, 4) is 39.3 Å². The average Bonchev–Trinajstić information content (AvgIpc) is 3.06. The van der Waals surface area contributed by atoms with E-state index in [1.54, 1.807) is 0 Å². The van der Waals surface area contributed by atoms with Crippen molar-refractivity contribution in [3.05, 3.63) is 130 Å². The maximum absolute atomic E-state index is 13.7. The Morgan fingerprint density at radius 2 is 1.22 bits per heavy atom. The van der Waals surface area contributed by atoms with E-state index >= 15 is 0 Å². The van der Waals surface area contributed by atoms with Gasteiger partial charge in [-0.2, -0.15) is 0 Å². The van der Waals surface area contributed by atoms with Crippen LogP contribution in [0.3, 0.4) is 0 Å². The number of rotatable bonds is 8. The van der Waals surface area contributed by atoms with Gasteiger partial charge in [0.15, 0.2) is 0 Å². The highest BCUT2D eigenvalue weighted by molar-refractivity contribution is 5.97. The summed E-state index contributed by atoms with van der Waals surface area (Å²) in [5, 5.41) is 15.2. The number of amides is 1. The third-order valence-electron chi connectivity index (χ3n) is 9.56. The molecule has 0 atom stereocenters. The second kappa shape index (κ2) is 14.3. The minimum atomic E-state index is -0.0760. The molecule has 1 aromatic heterocycles. The normalized spacial score (nSPS) is 12.1. The molecule has 0 unspecified atom stereocenters. The molecule has 5 rings (SSSR count). The highest BCUT2D eigenvalue weighted by Crippen LogP contribution is 2.44. The predicted octanol–water partition coefficient (Wildman–Crippen LogP) is 11.9. The Hall–Kier alpha value is -4.70. The molecule has 0 fully saturated rings. The van der Waals surface area contributed by atoms with Crippen LogP contribution in [0, 0.1) is 6.92 Å². The zero-order valence-electron chi connectivity index (χ0n) is 31.8. The molecule has 5 aromatic rings. The third kappa shape index (κ3) is 7.86. The summed E-state index contributed by atoms with van der Waals surface area (Å²) in [5.41, 5.74) is 12.3. The van der Waals surface area contributed by atoms with Crippen molar-refractivity contribution >= 4 is 5.91 Å². The Labute approximate surface area is 300 Å². The van der Waals surface area contributed by atoms with E-state index in [1.807, 2.05) is 48.5 Å². The van der Waals surface area contributed by atoms with Gasteiger partial charge in [0.25, 0.3) is 5.91 Å². The lowest BCUT2D eigenvalue weighted by Gasteiger charge is -2.26. The Bertz CT molecular complexity index is 1960. The van der Waals surface area contributed by atoms with E-state index in [2.05, 4.69) is 124 Å². The fraction of sp³-hybridized carbons (Fsp3) is 0.348. The maximum Gasteiger partial charge on any atom is 0.252 e. The fourth-order valence-corrected chi connectivity index (χ4v) is 6.60. The molecule has 0 aliphatic rings. The molecule has 50 heavy (non-hydrogen) atoms. The number of carbonyl (C=O) groups excluding carboxylic acids is 1. The molecule has 0 spiro atoms. The fourth-order valence-electron chi connectivity index (χ4n) is 6.60. The largest absolute Gasteiger partial charge is 0.507 e. The summed E-state index contributed by atoms with van der Waals surface area (Å²) < 4.78 is 0. The minimum absolute atomic E-state index is 0.0461. The zero-order chi connectivity index (χ0) is 36.5. The van der Waals surface area contributed by atoms with Gasteiger partial charge in [0.1, 0.15) is 5.75 Å². The van der Waals surface area contributed by atoms with Crippen LogP contribution in [0.5, 0.6) is 5.75 Å². The first-order valence-corrected chi connectivity index (χ1v) is 17.9. The third-order valence-corrected chi connectivity index (χ3v) is 9.56. The molecule has 0 bridgehead atoms. The smallest absolute Gasteiger partial charge is 0.252 e. The number of phenols is 1. The van der Waals surface area contributed by atoms with Crippen LogP contribution in [0.2, 0.25) is 0 Å². The van der Waals surface area contributed by atoms with Crippen molar-refractivity contribution in [2.45, 2.75) is 105 Å². The standard InChI is InChI=1S/C46H54N2O2/c1-28(2)35-19-15-20-36(29(3)4)42(35)44(50)47-27-34-16-14-21-41(48-34)38-18-13-12-17-37(38)40-23-30(5)22-39(43(40)49)31-24-32(45(6,7)8)26-33(25-31)46(9,10)11/h12-26,28-29,49H,27H2,1-11H3,(H,47,50). The number of carbonyl (C=O) groups is 1. The van der Waals surface area contributed by atoms with Crippen molar-refractivity contribution in [2.75, 3.05) is 0 Å². The summed E-state index contributed by atoms with van der Waals surface area (Å²) in [4.78, 5) is 18.7. The second-order valence-electron chi connectivity index (χ2n) is 16.4. The molecular formula is C46H54N2O2. The van der Waals surface area contributed by atoms with Gasteiger partial charge in [-0.3, -0.25) is 9.78 Å². The Morgan fingerprint density at radius 3 is 1.78 bits per heavy atom. The molecule has 2 N–H and O–H groups in total. The Kier molecular flexibility index (Phi) is 10.4. The van der Waals surface area contributed by atoms with Crippen molar-refractivity contribution in [3.63, 3.8) is 0 Å². The second-order valence-corrected chi connectivity index (χ2v) is 16.4. The van der Waals surface area contributed by atoms with E-state index in [0.717, 1.165) is 61.5 Å². The molecule has 0 saturated carbocycles. The number of phenolic OH excluding ortho intramolecular Hbond substituents is 1. The van der Waals surface area contributed by atoms with Gasteiger partial charge in [-0.25, -0.2) is 0 Å². The van der Waals surface area contributed by atoms with Gasteiger partial charge in [0.05, 0.1) is 17.9 Å². The topological polar surface area (TPSA) is 62.2 Å². The van der Waals surface area contributed by atoms with Crippen LogP contribution in [0.4, 0.5) is 0 Å². The molecule has 0 radical (unpaired) electrons. The van der Waals surface area contributed by atoms with E-state index in [-0.39, 0.29) is 34.3 Å².